The molecule has 1 saturated heterocycles. The zero-order valence-electron chi connectivity index (χ0n) is 15.1. The highest BCUT2D eigenvalue weighted by Gasteiger charge is 2.56. The normalized spacial score (nSPS) is 26.2. The van der Waals surface area contributed by atoms with Crippen LogP contribution in [0.3, 0.4) is 0 Å². The molecule has 2 atom stereocenters. The summed E-state index contributed by atoms with van der Waals surface area (Å²) in [4.78, 5) is 4.28. The van der Waals surface area contributed by atoms with E-state index in [1.807, 2.05) is 6.92 Å². The summed E-state index contributed by atoms with van der Waals surface area (Å²) in [5.74, 6) is 1.17. The number of rotatable bonds is 5. The number of hydrogen-bond donors (Lipinski definition) is 0. The monoisotopic (exact) mass is 401 g/mol. The highest BCUT2D eigenvalue weighted by molar-refractivity contribution is 7.89. The van der Waals surface area contributed by atoms with Crippen LogP contribution in [0.15, 0.2) is 15.6 Å². The lowest BCUT2D eigenvalue weighted by atomic mass is 9.80. The lowest BCUT2D eigenvalue weighted by molar-refractivity contribution is 0.0541. The van der Waals surface area contributed by atoms with Gasteiger partial charge in [0.1, 0.15) is 4.90 Å². The van der Waals surface area contributed by atoms with E-state index < -0.39 is 22.0 Å². The number of nitrogens with zero attached hydrogens (tertiary/aromatic N) is 5. The average molecular weight is 401 g/mol. The highest BCUT2D eigenvalue weighted by atomic mass is 32.2. The molecule has 2 aromatic heterocycles. The van der Waals surface area contributed by atoms with Gasteiger partial charge in [0.05, 0.1) is 17.3 Å². The molecule has 0 aromatic carbocycles. The highest BCUT2D eigenvalue weighted by Crippen LogP contribution is 2.50. The van der Waals surface area contributed by atoms with Crippen molar-refractivity contribution in [3.63, 3.8) is 0 Å². The van der Waals surface area contributed by atoms with Gasteiger partial charge in [0.2, 0.25) is 15.9 Å². The van der Waals surface area contributed by atoms with Gasteiger partial charge in [-0.2, -0.15) is 23.2 Å². The molecular formula is C16H21F2N5O3S. The van der Waals surface area contributed by atoms with E-state index in [9.17, 15) is 17.2 Å². The number of halogens is 2. The van der Waals surface area contributed by atoms with Gasteiger partial charge in [-0.1, -0.05) is 18.5 Å². The van der Waals surface area contributed by atoms with Crippen molar-refractivity contribution >= 4 is 10.0 Å². The van der Waals surface area contributed by atoms with Gasteiger partial charge in [0, 0.05) is 19.5 Å². The zero-order valence-corrected chi connectivity index (χ0v) is 15.9. The number of sulfonamides is 1. The van der Waals surface area contributed by atoms with Crippen LogP contribution >= 0.6 is 0 Å². The predicted molar refractivity (Wildman–Crippen MR) is 89.7 cm³/mol. The maximum Gasteiger partial charge on any atom is 0.333 e. The van der Waals surface area contributed by atoms with E-state index in [1.165, 1.54) is 11.2 Å². The Labute approximate surface area is 155 Å². The van der Waals surface area contributed by atoms with Crippen molar-refractivity contribution < 1.29 is 21.7 Å². The third-order valence-corrected chi connectivity index (χ3v) is 7.77. The summed E-state index contributed by atoms with van der Waals surface area (Å²) in [5, 5.41) is 7.65. The first kappa shape index (κ1) is 18.5. The molecule has 0 bridgehead atoms. The summed E-state index contributed by atoms with van der Waals surface area (Å²) in [7, 11) is -3.94. The molecular weight excluding hydrogens is 380 g/mol. The molecule has 8 nitrogen and oxygen atoms in total. The Bertz CT molecular complexity index is 957. The van der Waals surface area contributed by atoms with E-state index in [1.54, 1.807) is 0 Å². The maximum absolute atomic E-state index is 13.1. The van der Waals surface area contributed by atoms with E-state index >= 15 is 0 Å². The van der Waals surface area contributed by atoms with Gasteiger partial charge in [0.25, 0.3) is 0 Å². The fraction of sp³-hybridized carbons (Fsp3) is 0.688. The first-order valence-corrected chi connectivity index (χ1v) is 10.4. The molecule has 0 radical (unpaired) electrons. The van der Waals surface area contributed by atoms with Crippen LogP contribution in [0.1, 0.15) is 50.1 Å². The summed E-state index contributed by atoms with van der Waals surface area (Å²) in [6.07, 6.45) is 4.23. The number of hydrogen-bond acceptors (Lipinski definition) is 6. The molecule has 1 saturated carbocycles. The molecule has 11 heteroatoms. The van der Waals surface area contributed by atoms with Gasteiger partial charge in [-0.05, 0) is 25.7 Å². The number of aryl methyl sites for hydroxylation is 1. The molecule has 0 unspecified atom stereocenters. The van der Waals surface area contributed by atoms with Gasteiger partial charge in [-0.25, -0.2) is 13.1 Å². The molecule has 4 rings (SSSR count). The molecule has 0 amide bonds. The molecule has 27 heavy (non-hydrogen) atoms. The zero-order chi connectivity index (χ0) is 19.4. The Morgan fingerprint density at radius 1 is 1.44 bits per heavy atom. The molecule has 2 fully saturated rings. The minimum absolute atomic E-state index is 0.0658. The first-order chi connectivity index (χ1) is 12.8. The van der Waals surface area contributed by atoms with E-state index in [0.29, 0.717) is 29.4 Å². The van der Waals surface area contributed by atoms with Crippen LogP contribution in [0.2, 0.25) is 0 Å². The minimum Gasteiger partial charge on any atom is -0.339 e. The topological polar surface area (TPSA) is 94.1 Å². The number of aromatic nitrogens is 4. The van der Waals surface area contributed by atoms with Crippen LogP contribution in [0.5, 0.6) is 0 Å². The second kappa shape index (κ2) is 6.33. The maximum atomic E-state index is 13.1. The van der Waals surface area contributed by atoms with Gasteiger partial charge in [0.15, 0.2) is 5.82 Å². The SMILES string of the molecule is CCc1nc([C@@]23CCC[C@@H]2CN(S(=O)(=O)c2cnn(C(F)F)c2C)C3)no1. The molecule has 0 spiro atoms. The Kier molecular flexibility index (Phi) is 4.34. The quantitative estimate of drug-likeness (QED) is 0.763. The van der Waals surface area contributed by atoms with Crippen molar-refractivity contribution in [1.82, 2.24) is 24.2 Å². The van der Waals surface area contributed by atoms with Gasteiger partial charge >= 0.3 is 6.55 Å². The van der Waals surface area contributed by atoms with Crippen LogP contribution in [0, 0.1) is 12.8 Å². The number of alkyl halides is 2. The second-order valence-corrected chi connectivity index (χ2v) is 9.13. The van der Waals surface area contributed by atoms with Crippen LogP contribution < -0.4 is 0 Å². The fourth-order valence-corrected chi connectivity index (χ4v) is 6.09. The predicted octanol–water partition coefficient (Wildman–Crippen LogP) is 2.27. The van der Waals surface area contributed by atoms with E-state index in [0.717, 1.165) is 25.5 Å². The standard InChI is InChI=1S/C16H21F2N5O3S/c1-3-13-20-14(21-26-13)16-6-4-5-11(16)8-22(9-16)27(24,25)12-7-19-23(10(12)2)15(17)18/h7,11,15H,3-6,8-9H2,1-2H3/t11-,16-/m1/s1. The molecule has 1 aliphatic carbocycles. The van der Waals surface area contributed by atoms with Crippen LogP contribution in [-0.4, -0.2) is 45.7 Å². The van der Waals surface area contributed by atoms with Gasteiger partial charge < -0.3 is 4.52 Å². The Morgan fingerprint density at radius 3 is 2.85 bits per heavy atom. The average Bonchev–Trinajstić information content (AvgIpc) is 3.35. The Balaban J connectivity index is 1.68. The second-order valence-electron chi connectivity index (χ2n) is 7.22. The van der Waals surface area contributed by atoms with Crippen molar-refractivity contribution in [3.05, 3.63) is 23.6 Å². The van der Waals surface area contributed by atoms with Crippen LogP contribution in [-0.2, 0) is 21.9 Å². The fourth-order valence-electron chi connectivity index (χ4n) is 4.39. The van der Waals surface area contributed by atoms with Crippen molar-refractivity contribution in [2.45, 2.75) is 56.4 Å². The summed E-state index contributed by atoms with van der Waals surface area (Å²) in [6.45, 7) is 0.908. The van der Waals surface area contributed by atoms with Crippen molar-refractivity contribution in [2.75, 3.05) is 13.1 Å². The molecule has 2 aliphatic rings. The number of fused-ring (bicyclic) bond motifs is 1. The molecule has 1 aliphatic heterocycles. The smallest absolute Gasteiger partial charge is 0.333 e. The molecule has 2 aromatic rings. The van der Waals surface area contributed by atoms with Crippen molar-refractivity contribution in [2.24, 2.45) is 5.92 Å². The lowest BCUT2D eigenvalue weighted by Crippen LogP contribution is -2.35. The van der Waals surface area contributed by atoms with Gasteiger partial charge in [-0.3, -0.25) is 0 Å². The molecule has 0 N–H and O–H groups in total. The van der Waals surface area contributed by atoms with Crippen molar-refractivity contribution in [3.8, 4) is 0 Å². The summed E-state index contributed by atoms with van der Waals surface area (Å²) in [5.41, 5.74) is -0.541. The largest absolute Gasteiger partial charge is 0.339 e. The summed E-state index contributed by atoms with van der Waals surface area (Å²) in [6, 6.07) is 0. The van der Waals surface area contributed by atoms with E-state index in [4.69, 9.17) is 4.52 Å². The third-order valence-electron chi connectivity index (χ3n) is 5.86. The van der Waals surface area contributed by atoms with Crippen LogP contribution in [0.25, 0.3) is 0 Å². The van der Waals surface area contributed by atoms with E-state index in [-0.39, 0.29) is 23.1 Å². The van der Waals surface area contributed by atoms with Crippen LogP contribution in [0.4, 0.5) is 8.78 Å². The summed E-state index contributed by atoms with van der Waals surface area (Å²) >= 11 is 0. The van der Waals surface area contributed by atoms with Gasteiger partial charge in [-0.15, -0.1) is 0 Å². The molecule has 148 valence electrons. The summed E-state index contributed by atoms with van der Waals surface area (Å²) < 4.78 is 59.2. The third kappa shape index (κ3) is 2.70. The Hall–Kier alpha value is -1.88. The van der Waals surface area contributed by atoms with E-state index in [2.05, 4.69) is 15.2 Å². The lowest BCUT2D eigenvalue weighted by Gasteiger charge is -2.24. The Morgan fingerprint density at radius 2 is 2.22 bits per heavy atom. The van der Waals surface area contributed by atoms with Crippen molar-refractivity contribution in [1.29, 1.82) is 0 Å². The minimum atomic E-state index is -3.94. The first-order valence-electron chi connectivity index (χ1n) is 8.95. The molecule has 3 heterocycles.